The minimum atomic E-state index is -1.09. The third-order valence-corrected chi connectivity index (χ3v) is 4.35. The molecule has 26 heavy (non-hydrogen) atoms. The van der Waals surface area contributed by atoms with E-state index >= 15 is 0 Å². The average Bonchev–Trinajstić information content (AvgIpc) is 2.60. The van der Waals surface area contributed by atoms with Gasteiger partial charge in [0, 0.05) is 24.8 Å². The maximum absolute atomic E-state index is 11.6. The maximum Gasteiger partial charge on any atom is 0.308 e. The van der Waals surface area contributed by atoms with Crippen molar-refractivity contribution in [3.63, 3.8) is 0 Å². The Bertz CT molecular complexity index is 639. The molecule has 0 saturated carbocycles. The molecule has 6 heteroatoms. The van der Waals surface area contributed by atoms with E-state index in [4.69, 9.17) is 9.47 Å². The highest BCUT2D eigenvalue weighted by Gasteiger charge is 2.30. The Balaban J connectivity index is 2.10. The van der Waals surface area contributed by atoms with Crippen molar-refractivity contribution >= 4 is 17.9 Å². The van der Waals surface area contributed by atoms with Crippen molar-refractivity contribution in [2.45, 2.75) is 51.7 Å². The number of aldehydes is 1. The van der Waals surface area contributed by atoms with Gasteiger partial charge in [-0.05, 0) is 52.7 Å². The molecule has 0 radical (unpaired) electrons. The molecule has 2 atom stereocenters. The number of aliphatic carboxylic acids is 1. The van der Waals surface area contributed by atoms with Crippen molar-refractivity contribution in [1.29, 1.82) is 0 Å². The fraction of sp³-hybridized carbons (Fsp3) is 0.600. The first-order chi connectivity index (χ1) is 12.1. The lowest BCUT2D eigenvalue weighted by atomic mass is 9.98. The van der Waals surface area contributed by atoms with Crippen LogP contribution in [0.15, 0.2) is 24.3 Å². The number of carbonyl (C=O) groups is 2. The van der Waals surface area contributed by atoms with Crippen LogP contribution in [-0.2, 0) is 14.3 Å². The number of benzene rings is 1. The summed E-state index contributed by atoms with van der Waals surface area (Å²) in [6.07, 6.45) is 2.30. The largest absolute Gasteiger partial charge is 0.481 e. The highest BCUT2D eigenvalue weighted by molar-refractivity contribution is 5.71. The number of carbonyl (C=O) groups excluding carboxylic acids is 1. The van der Waals surface area contributed by atoms with Gasteiger partial charge >= 0.3 is 5.97 Å². The van der Waals surface area contributed by atoms with Gasteiger partial charge < -0.3 is 19.5 Å². The second-order valence-corrected chi connectivity index (χ2v) is 8.05. The number of carboxylic acids is 1. The van der Waals surface area contributed by atoms with Crippen LogP contribution in [0.25, 0.3) is 0 Å². The van der Waals surface area contributed by atoms with Crippen molar-refractivity contribution in [3.8, 4) is 5.75 Å². The van der Waals surface area contributed by atoms with Crippen LogP contribution in [0.4, 0.5) is 5.69 Å². The number of hydrogen-bond acceptors (Lipinski definition) is 5. The molecule has 1 fully saturated rings. The lowest BCUT2D eigenvalue weighted by Gasteiger charge is -2.33. The zero-order valence-corrected chi connectivity index (χ0v) is 16.0. The van der Waals surface area contributed by atoms with Crippen LogP contribution < -0.4 is 9.64 Å². The first kappa shape index (κ1) is 20.2. The molecule has 0 spiro atoms. The van der Waals surface area contributed by atoms with Gasteiger partial charge in [0.1, 0.15) is 5.75 Å². The summed E-state index contributed by atoms with van der Waals surface area (Å²) in [6, 6.07) is 7.43. The van der Waals surface area contributed by atoms with Gasteiger partial charge in [0.25, 0.3) is 0 Å². The van der Waals surface area contributed by atoms with E-state index in [-0.39, 0.29) is 18.1 Å². The summed E-state index contributed by atoms with van der Waals surface area (Å²) in [4.78, 5) is 24.9. The fourth-order valence-corrected chi connectivity index (χ4v) is 2.87. The Hall–Kier alpha value is -2.08. The molecule has 1 aliphatic heterocycles. The van der Waals surface area contributed by atoms with Crippen LogP contribution in [0.1, 0.15) is 40.5 Å². The van der Waals surface area contributed by atoms with Crippen LogP contribution in [0, 0.1) is 5.92 Å². The Morgan fingerprint density at radius 1 is 1.35 bits per heavy atom. The van der Waals surface area contributed by atoms with Crippen molar-refractivity contribution in [2.24, 2.45) is 5.92 Å². The van der Waals surface area contributed by atoms with Crippen LogP contribution in [0.5, 0.6) is 5.75 Å². The molecule has 1 aliphatic rings. The molecule has 0 bridgehead atoms. The predicted molar refractivity (Wildman–Crippen MR) is 99.8 cm³/mol. The number of nitrogens with zero attached hydrogens (tertiary/aromatic N) is 1. The van der Waals surface area contributed by atoms with Gasteiger partial charge in [0.2, 0.25) is 0 Å². The molecule has 144 valence electrons. The molecule has 0 aromatic heterocycles. The summed E-state index contributed by atoms with van der Waals surface area (Å²) in [5.74, 6) is -0.546. The van der Waals surface area contributed by atoms with Gasteiger partial charge in [-0.25, -0.2) is 0 Å². The number of ether oxygens (including phenoxy) is 2. The van der Waals surface area contributed by atoms with Crippen LogP contribution >= 0.6 is 0 Å². The zero-order valence-electron chi connectivity index (χ0n) is 16.0. The second kappa shape index (κ2) is 8.08. The molecule has 6 nitrogen and oxygen atoms in total. The molecule has 1 heterocycles. The predicted octanol–water partition coefficient (Wildman–Crippen LogP) is 3.14. The molecule has 2 rings (SSSR count). The normalized spacial score (nSPS) is 20.3. The quantitative estimate of drug-likeness (QED) is 0.750. The molecule has 1 aromatic carbocycles. The van der Waals surface area contributed by atoms with Crippen LogP contribution in [-0.4, -0.2) is 48.3 Å². The average molecular weight is 363 g/mol. The van der Waals surface area contributed by atoms with Gasteiger partial charge in [-0.15, -0.1) is 0 Å². The van der Waals surface area contributed by atoms with Crippen molar-refractivity contribution < 1.29 is 24.2 Å². The second-order valence-electron chi connectivity index (χ2n) is 8.05. The van der Waals surface area contributed by atoms with E-state index in [1.807, 2.05) is 39.0 Å². The lowest BCUT2D eigenvalue weighted by Crippen LogP contribution is -2.42. The topological polar surface area (TPSA) is 76.1 Å². The molecule has 1 N–H and O–H groups in total. The molecule has 1 saturated heterocycles. The van der Waals surface area contributed by atoms with Gasteiger partial charge in [0.05, 0.1) is 18.1 Å². The summed E-state index contributed by atoms with van der Waals surface area (Å²) in [6.45, 7) is 8.91. The van der Waals surface area contributed by atoms with E-state index in [2.05, 4.69) is 4.90 Å². The Labute approximate surface area is 155 Å². The van der Waals surface area contributed by atoms with Crippen molar-refractivity contribution in [2.75, 3.05) is 24.6 Å². The van der Waals surface area contributed by atoms with Crippen LogP contribution in [0.3, 0.4) is 0 Å². The molecular weight excluding hydrogens is 334 g/mol. The highest BCUT2D eigenvalue weighted by Crippen LogP contribution is 2.28. The molecule has 1 unspecified atom stereocenters. The summed E-state index contributed by atoms with van der Waals surface area (Å²) in [7, 11) is 0. The van der Waals surface area contributed by atoms with E-state index in [0.717, 1.165) is 24.9 Å². The van der Waals surface area contributed by atoms with Gasteiger partial charge in [0.15, 0.2) is 11.9 Å². The van der Waals surface area contributed by atoms with E-state index in [1.54, 1.807) is 13.0 Å². The van der Waals surface area contributed by atoms with E-state index in [9.17, 15) is 14.7 Å². The molecular formula is C20H29NO5. The summed E-state index contributed by atoms with van der Waals surface area (Å²) >= 11 is 0. The third-order valence-electron chi connectivity index (χ3n) is 4.35. The molecule has 0 amide bonds. The number of hydrogen-bond donors (Lipinski definition) is 1. The Morgan fingerprint density at radius 2 is 2.08 bits per heavy atom. The van der Waals surface area contributed by atoms with E-state index < -0.39 is 11.6 Å². The summed E-state index contributed by atoms with van der Waals surface area (Å²) < 4.78 is 11.6. The number of rotatable bonds is 7. The minimum absolute atomic E-state index is 0.148. The number of piperidine rings is 1. The first-order valence-electron chi connectivity index (χ1n) is 8.99. The third kappa shape index (κ3) is 5.73. The minimum Gasteiger partial charge on any atom is -0.481 e. The zero-order chi connectivity index (χ0) is 19.4. The fourth-order valence-electron chi connectivity index (χ4n) is 2.87. The summed E-state index contributed by atoms with van der Waals surface area (Å²) in [5, 5.41) is 9.26. The Morgan fingerprint density at radius 3 is 2.69 bits per heavy atom. The SMILES string of the molecule is CC(C)(C)OCC(C)(C=O)Oc1cccc(N2CCC[C@@H](C(=O)O)C2)c1. The first-order valence-corrected chi connectivity index (χ1v) is 8.99. The standard InChI is InChI=1S/C20H29NO5/c1-19(2,3)25-14-20(4,13-22)26-17-9-5-8-16(11-17)21-10-6-7-15(12-21)18(23)24/h5,8-9,11,13,15H,6-7,10,12,14H2,1-4H3,(H,23,24)/t15-,20?/m1/s1. The molecule has 1 aromatic rings. The smallest absolute Gasteiger partial charge is 0.308 e. The molecule has 0 aliphatic carbocycles. The van der Waals surface area contributed by atoms with E-state index in [0.29, 0.717) is 18.7 Å². The van der Waals surface area contributed by atoms with Crippen molar-refractivity contribution in [3.05, 3.63) is 24.3 Å². The monoisotopic (exact) mass is 363 g/mol. The number of anilines is 1. The van der Waals surface area contributed by atoms with Gasteiger partial charge in [-0.2, -0.15) is 0 Å². The van der Waals surface area contributed by atoms with Crippen molar-refractivity contribution in [1.82, 2.24) is 0 Å². The van der Waals surface area contributed by atoms with Crippen LogP contribution in [0.2, 0.25) is 0 Å². The highest BCUT2D eigenvalue weighted by atomic mass is 16.6. The van der Waals surface area contributed by atoms with Gasteiger partial charge in [-0.3, -0.25) is 9.59 Å². The van der Waals surface area contributed by atoms with E-state index in [1.165, 1.54) is 0 Å². The lowest BCUT2D eigenvalue weighted by molar-refractivity contribution is -0.142. The maximum atomic E-state index is 11.6. The van der Waals surface area contributed by atoms with Gasteiger partial charge in [-0.1, -0.05) is 6.07 Å². The summed E-state index contributed by atoms with van der Waals surface area (Å²) in [5.41, 5.74) is -0.551. The Kier molecular flexibility index (Phi) is 6.29. The number of carboxylic acid groups (broad SMARTS) is 1.